The van der Waals surface area contributed by atoms with Crippen LogP contribution in [0.5, 0.6) is 0 Å². The van der Waals surface area contributed by atoms with E-state index in [2.05, 4.69) is 20.4 Å². The number of hydrogen-bond donors (Lipinski definition) is 1. The molecule has 2 rings (SSSR count). The van der Waals surface area contributed by atoms with Gasteiger partial charge >= 0.3 is 0 Å². The van der Waals surface area contributed by atoms with Gasteiger partial charge in [-0.3, -0.25) is 0 Å². The van der Waals surface area contributed by atoms with Crippen LogP contribution in [0.2, 0.25) is 0 Å². The molecule has 0 aliphatic heterocycles. The average molecular weight is 204 g/mol. The van der Waals surface area contributed by atoms with Crippen LogP contribution < -0.4 is 5.32 Å². The molecule has 78 valence electrons. The SMILES string of the molecule is Cc1cc(C)nc(NCc2ccno2)n1. The molecule has 0 atom stereocenters. The molecular formula is C10H12N4O. The average Bonchev–Trinajstić information content (AvgIpc) is 2.65. The maximum Gasteiger partial charge on any atom is 0.223 e. The summed E-state index contributed by atoms with van der Waals surface area (Å²) in [6.45, 7) is 4.42. The van der Waals surface area contributed by atoms with Crippen LogP contribution in [-0.2, 0) is 6.54 Å². The van der Waals surface area contributed by atoms with E-state index in [1.54, 1.807) is 12.3 Å². The summed E-state index contributed by atoms with van der Waals surface area (Å²) in [5.74, 6) is 1.38. The van der Waals surface area contributed by atoms with Crippen molar-refractivity contribution in [1.82, 2.24) is 15.1 Å². The minimum atomic E-state index is 0.545. The van der Waals surface area contributed by atoms with Gasteiger partial charge in [0, 0.05) is 17.5 Å². The topological polar surface area (TPSA) is 63.8 Å². The summed E-state index contributed by atoms with van der Waals surface area (Å²) < 4.78 is 4.95. The summed E-state index contributed by atoms with van der Waals surface area (Å²) in [6.07, 6.45) is 1.61. The van der Waals surface area contributed by atoms with Gasteiger partial charge in [0.2, 0.25) is 5.95 Å². The first-order chi connectivity index (χ1) is 7.24. The molecule has 0 aliphatic carbocycles. The molecule has 2 heterocycles. The normalized spacial score (nSPS) is 10.3. The van der Waals surface area contributed by atoms with Crippen LogP contribution >= 0.6 is 0 Å². The lowest BCUT2D eigenvalue weighted by Gasteiger charge is -2.03. The molecular weight excluding hydrogens is 192 g/mol. The first-order valence-corrected chi connectivity index (χ1v) is 4.70. The standard InChI is InChI=1S/C10H12N4O/c1-7-5-8(2)14-10(13-7)11-6-9-3-4-12-15-9/h3-5H,6H2,1-2H3,(H,11,13,14). The van der Waals surface area contributed by atoms with E-state index in [-0.39, 0.29) is 0 Å². The lowest BCUT2D eigenvalue weighted by atomic mass is 10.3. The molecule has 0 bridgehead atoms. The number of aromatic nitrogens is 3. The fraction of sp³-hybridized carbons (Fsp3) is 0.300. The van der Waals surface area contributed by atoms with Crippen molar-refractivity contribution in [2.75, 3.05) is 5.32 Å². The van der Waals surface area contributed by atoms with Crippen molar-refractivity contribution in [3.63, 3.8) is 0 Å². The minimum absolute atomic E-state index is 0.545. The fourth-order valence-corrected chi connectivity index (χ4v) is 1.30. The van der Waals surface area contributed by atoms with Crippen LogP contribution in [-0.4, -0.2) is 15.1 Å². The highest BCUT2D eigenvalue weighted by atomic mass is 16.5. The number of hydrogen-bond acceptors (Lipinski definition) is 5. The Kier molecular flexibility index (Phi) is 2.62. The second-order valence-electron chi connectivity index (χ2n) is 3.31. The molecule has 5 nitrogen and oxygen atoms in total. The molecule has 5 heteroatoms. The van der Waals surface area contributed by atoms with Crippen molar-refractivity contribution < 1.29 is 4.52 Å². The summed E-state index contributed by atoms with van der Waals surface area (Å²) in [5.41, 5.74) is 1.89. The fourth-order valence-electron chi connectivity index (χ4n) is 1.30. The summed E-state index contributed by atoms with van der Waals surface area (Å²) in [7, 11) is 0. The minimum Gasteiger partial charge on any atom is -0.360 e. The van der Waals surface area contributed by atoms with Gasteiger partial charge in [0.1, 0.15) is 0 Å². The maximum absolute atomic E-state index is 4.95. The lowest BCUT2D eigenvalue weighted by molar-refractivity contribution is 0.387. The molecule has 0 fully saturated rings. The van der Waals surface area contributed by atoms with Gasteiger partial charge in [-0.2, -0.15) is 0 Å². The van der Waals surface area contributed by atoms with E-state index in [0.717, 1.165) is 17.1 Å². The molecule has 2 aromatic rings. The Hall–Kier alpha value is -1.91. The van der Waals surface area contributed by atoms with Crippen molar-refractivity contribution in [2.45, 2.75) is 20.4 Å². The first-order valence-electron chi connectivity index (χ1n) is 4.70. The third-order valence-electron chi connectivity index (χ3n) is 1.89. The Morgan fingerprint density at radius 1 is 1.27 bits per heavy atom. The number of nitrogens with one attached hydrogen (secondary N) is 1. The van der Waals surface area contributed by atoms with Gasteiger partial charge in [0.25, 0.3) is 0 Å². The second kappa shape index (κ2) is 4.08. The van der Waals surface area contributed by atoms with E-state index >= 15 is 0 Å². The van der Waals surface area contributed by atoms with Crippen molar-refractivity contribution in [3.8, 4) is 0 Å². The maximum atomic E-state index is 4.95. The molecule has 0 unspecified atom stereocenters. The number of anilines is 1. The Morgan fingerprint density at radius 3 is 2.60 bits per heavy atom. The van der Waals surface area contributed by atoms with Gasteiger partial charge in [-0.1, -0.05) is 5.16 Å². The van der Waals surface area contributed by atoms with E-state index in [9.17, 15) is 0 Å². The van der Waals surface area contributed by atoms with Crippen LogP contribution in [0.15, 0.2) is 22.9 Å². The van der Waals surface area contributed by atoms with E-state index < -0.39 is 0 Å². The van der Waals surface area contributed by atoms with E-state index in [0.29, 0.717) is 12.5 Å². The van der Waals surface area contributed by atoms with Crippen LogP contribution in [0.25, 0.3) is 0 Å². The monoisotopic (exact) mass is 204 g/mol. The van der Waals surface area contributed by atoms with E-state index in [1.807, 2.05) is 19.9 Å². The third-order valence-corrected chi connectivity index (χ3v) is 1.89. The predicted octanol–water partition coefficient (Wildman–Crippen LogP) is 1.69. The highest BCUT2D eigenvalue weighted by Crippen LogP contribution is 2.05. The molecule has 0 radical (unpaired) electrons. The molecule has 2 aromatic heterocycles. The Labute approximate surface area is 87.5 Å². The number of nitrogens with zero attached hydrogens (tertiary/aromatic N) is 3. The second-order valence-corrected chi connectivity index (χ2v) is 3.31. The summed E-state index contributed by atoms with van der Waals surface area (Å²) in [6, 6.07) is 3.73. The van der Waals surface area contributed by atoms with E-state index in [4.69, 9.17) is 4.52 Å². The van der Waals surface area contributed by atoms with Gasteiger partial charge in [-0.25, -0.2) is 9.97 Å². The molecule has 0 amide bonds. The zero-order valence-corrected chi connectivity index (χ0v) is 8.69. The third kappa shape index (κ3) is 2.52. The molecule has 15 heavy (non-hydrogen) atoms. The summed E-state index contributed by atoms with van der Waals surface area (Å²) in [4.78, 5) is 8.50. The smallest absolute Gasteiger partial charge is 0.223 e. The Bertz CT molecular complexity index is 418. The summed E-state index contributed by atoms with van der Waals surface area (Å²) >= 11 is 0. The predicted molar refractivity (Wildman–Crippen MR) is 55.3 cm³/mol. The van der Waals surface area contributed by atoms with Crippen molar-refractivity contribution in [3.05, 3.63) is 35.5 Å². The van der Waals surface area contributed by atoms with Gasteiger partial charge in [0.05, 0.1) is 12.7 Å². The number of rotatable bonds is 3. The molecule has 0 aliphatic rings. The van der Waals surface area contributed by atoms with Crippen molar-refractivity contribution in [2.24, 2.45) is 0 Å². The van der Waals surface area contributed by atoms with Crippen LogP contribution in [0.1, 0.15) is 17.1 Å². The van der Waals surface area contributed by atoms with Crippen LogP contribution in [0.4, 0.5) is 5.95 Å². The Morgan fingerprint density at radius 2 is 2.00 bits per heavy atom. The van der Waals surface area contributed by atoms with Crippen molar-refractivity contribution >= 4 is 5.95 Å². The van der Waals surface area contributed by atoms with E-state index in [1.165, 1.54) is 0 Å². The zero-order chi connectivity index (χ0) is 10.7. The zero-order valence-electron chi connectivity index (χ0n) is 8.69. The van der Waals surface area contributed by atoms with Crippen LogP contribution in [0, 0.1) is 13.8 Å². The number of aryl methyl sites for hydroxylation is 2. The Balaban J connectivity index is 2.05. The van der Waals surface area contributed by atoms with Gasteiger partial charge in [-0.05, 0) is 19.9 Å². The van der Waals surface area contributed by atoms with Crippen LogP contribution in [0.3, 0.4) is 0 Å². The highest BCUT2D eigenvalue weighted by Gasteiger charge is 2.00. The quantitative estimate of drug-likeness (QED) is 0.824. The molecule has 0 aromatic carbocycles. The largest absolute Gasteiger partial charge is 0.360 e. The molecule has 1 N–H and O–H groups in total. The first kappa shape index (κ1) is 9.64. The molecule has 0 spiro atoms. The lowest BCUT2D eigenvalue weighted by Crippen LogP contribution is -2.04. The molecule has 0 saturated carbocycles. The van der Waals surface area contributed by atoms with Gasteiger partial charge in [0.15, 0.2) is 5.76 Å². The van der Waals surface area contributed by atoms with Crippen molar-refractivity contribution in [1.29, 1.82) is 0 Å². The highest BCUT2D eigenvalue weighted by molar-refractivity contribution is 5.28. The molecule has 0 saturated heterocycles. The van der Waals surface area contributed by atoms with Gasteiger partial charge < -0.3 is 9.84 Å². The van der Waals surface area contributed by atoms with Gasteiger partial charge in [-0.15, -0.1) is 0 Å². The summed E-state index contributed by atoms with van der Waals surface area (Å²) in [5, 5.41) is 6.69.